The second kappa shape index (κ2) is 5.92. The van der Waals surface area contributed by atoms with Crippen LogP contribution in [0.4, 0.5) is 11.4 Å². The highest BCUT2D eigenvalue weighted by atomic mass is 32.2. The summed E-state index contributed by atoms with van der Waals surface area (Å²) in [5.41, 5.74) is 6.35. The highest BCUT2D eigenvalue weighted by molar-refractivity contribution is 7.91. The van der Waals surface area contributed by atoms with Crippen LogP contribution in [0, 0.1) is 0 Å². The molecule has 0 spiro atoms. The van der Waals surface area contributed by atoms with Crippen LogP contribution in [0.25, 0.3) is 0 Å². The molecule has 7 heteroatoms. The van der Waals surface area contributed by atoms with Gasteiger partial charge >= 0.3 is 0 Å². The first kappa shape index (κ1) is 15.0. The molecule has 0 fully saturated rings. The summed E-state index contributed by atoms with van der Waals surface area (Å²) in [5, 5.41) is 2.57. The Kier molecular flexibility index (Phi) is 4.23. The fraction of sp³-hybridized carbons (Fsp3) is 0.143. The summed E-state index contributed by atoms with van der Waals surface area (Å²) in [6.07, 6.45) is 1.36. The third-order valence-corrected chi connectivity index (χ3v) is 4.66. The zero-order valence-electron chi connectivity index (χ0n) is 11.4. The number of hydrogen-bond donors (Lipinski definition) is 2. The maximum atomic E-state index is 12.1. The number of nitrogens with two attached hydrogens (primary N) is 1. The lowest BCUT2D eigenvalue weighted by Gasteiger charge is -2.10. The number of rotatable bonds is 4. The van der Waals surface area contributed by atoms with Gasteiger partial charge in [-0.25, -0.2) is 13.4 Å². The molecule has 0 saturated heterocycles. The number of anilines is 2. The lowest BCUT2D eigenvalue weighted by atomic mass is 10.3. The average Bonchev–Trinajstić information content (AvgIpc) is 2.48. The molecule has 3 N–H and O–H groups in total. The molecule has 1 aromatic heterocycles. The number of sulfone groups is 1. The maximum Gasteiger partial charge on any atom is 0.274 e. The Hall–Kier alpha value is -2.41. The Morgan fingerprint density at radius 1 is 1.24 bits per heavy atom. The molecule has 0 saturated carbocycles. The second-order valence-corrected chi connectivity index (χ2v) is 6.58. The van der Waals surface area contributed by atoms with Gasteiger partial charge in [-0.3, -0.25) is 4.79 Å². The van der Waals surface area contributed by atoms with Crippen molar-refractivity contribution in [2.45, 2.75) is 11.8 Å². The summed E-state index contributed by atoms with van der Waals surface area (Å²) in [6, 6.07) is 9.29. The number of nitrogens with one attached hydrogen (secondary N) is 1. The van der Waals surface area contributed by atoms with E-state index in [1.165, 1.54) is 24.4 Å². The van der Waals surface area contributed by atoms with Crippen LogP contribution in [0.1, 0.15) is 17.4 Å². The number of nitrogens with zero attached hydrogens (tertiary/aromatic N) is 1. The number of carbonyl (C=O) groups is 1. The number of nitrogen functional groups attached to an aromatic ring is 1. The summed E-state index contributed by atoms with van der Waals surface area (Å²) in [6.45, 7) is 1.55. The number of hydrogen-bond acceptors (Lipinski definition) is 5. The van der Waals surface area contributed by atoms with Gasteiger partial charge in [-0.2, -0.15) is 0 Å². The largest absolute Gasteiger partial charge is 0.397 e. The quantitative estimate of drug-likeness (QED) is 0.895. The van der Waals surface area contributed by atoms with Crippen LogP contribution in [0.15, 0.2) is 47.5 Å². The SMILES string of the molecule is CCS(=O)(=O)c1ccccc1NC(=O)c1ccc(N)cn1. The van der Waals surface area contributed by atoms with Crippen molar-refractivity contribution in [3.05, 3.63) is 48.3 Å². The van der Waals surface area contributed by atoms with Crippen LogP contribution < -0.4 is 11.1 Å². The highest BCUT2D eigenvalue weighted by Gasteiger charge is 2.18. The molecule has 1 heterocycles. The summed E-state index contributed by atoms with van der Waals surface area (Å²) in [7, 11) is -3.42. The van der Waals surface area contributed by atoms with Crippen LogP contribution in [0.5, 0.6) is 0 Å². The number of benzene rings is 1. The minimum Gasteiger partial charge on any atom is -0.397 e. The van der Waals surface area contributed by atoms with Crippen molar-refractivity contribution in [3.63, 3.8) is 0 Å². The molecule has 1 aromatic carbocycles. The molecule has 0 unspecified atom stereocenters. The van der Waals surface area contributed by atoms with E-state index in [2.05, 4.69) is 10.3 Å². The van der Waals surface area contributed by atoms with Gasteiger partial charge in [0.05, 0.1) is 28.2 Å². The first-order valence-electron chi connectivity index (χ1n) is 6.28. The molecule has 0 radical (unpaired) electrons. The van der Waals surface area contributed by atoms with Gasteiger partial charge in [-0.1, -0.05) is 19.1 Å². The molecule has 2 aromatic rings. The van der Waals surface area contributed by atoms with Gasteiger partial charge in [0.25, 0.3) is 5.91 Å². The fourth-order valence-corrected chi connectivity index (χ4v) is 2.77. The molecule has 1 amide bonds. The Bertz CT molecular complexity index is 755. The number of aromatic nitrogens is 1. The van der Waals surface area contributed by atoms with Crippen molar-refractivity contribution in [1.29, 1.82) is 0 Å². The number of carbonyl (C=O) groups excluding carboxylic acids is 1. The summed E-state index contributed by atoms with van der Waals surface area (Å²) < 4.78 is 24.0. The Balaban J connectivity index is 2.32. The Morgan fingerprint density at radius 2 is 1.95 bits per heavy atom. The van der Waals surface area contributed by atoms with Gasteiger partial charge in [0, 0.05) is 0 Å². The van der Waals surface area contributed by atoms with E-state index in [1.54, 1.807) is 25.1 Å². The number of pyridine rings is 1. The molecule has 0 atom stereocenters. The molecular weight excluding hydrogens is 290 g/mol. The molecule has 2 rings (SSSR count). The van der Waals surface area contributed by atoms with Crippen molar-refractivity contribution in [2.75, 3.05) is 16.8 Å². The van der Waals surface area contributed by atoms with E-state index in [4.69, 9.17) is 5.73 Å². The van der Waals surface area contributed by atoms with E-state index in [0.29, 0.717) is 5.69 Å². The topological polar surface area (TPSA) is 102 Å². The van der Waals surface area contributed by atoms with Crippen molar-refractivity contribution in [3.8, 4) is 0 Å². The van der Waals surface area contributed by atoms with Crippen LogP contribution >= 0.6 is 0 Å². The summed E-state index contributed by atoms with van der Waals surface area (Å²) in [5.74, 6) is -0.534. The first-order chi connectivity index (χ1) is 9.94. The lowest BCUT2D eigenvalue weighted by Crippen LogP contribution is -2.16. The average molecular weight is 305 g/mol. The molecule has 0 aliphatic heterocycles. The second-order valence-electron chi connectivity index (χ2n) is 4.33. The van der Waals surface area contributed by atoms with Gasteiger partial charge < -0.3 is 11.1 Å². The van der Waals surface area contributed by atoms with Crippen LogP contribution in [0.3, 0.4) is 0 Å². The molecular formula is C14H15N3O3S. The third kappa shape index (κ3) is 3.38. The van der Waals surface area contributed by atoms with Crippen molar-refractivity contribution in [2.24, 2.45) is 0 Å². The predicted octanol–water partition coefficient (Wildman–Crippen LogP) is 1.71. The van der Waals surface area contributed by atoms with Crippen molar-refractivity contribution >= 4 is 27.1 Å². The van der Waals surface area contributed by atoms with E-state index >= 15 is 0 Å². The summed E-state index contributed by atoms with van der Waals surface area (Å²) >= 11 is 0. The third-order valence-electron chi connectivity index (χ3n) is 2.87. The van der Waals surface area contributed by atoms with Crippen LogP contribution in [0.2, 0.25) is 0 Å². The van der Waals surface area contributed by atoms with Crippen molar-refractivity contribution in [1.82, 2.24) is 4.98 Å². The molecule has 6 nitrogen and oxygen atoms in total. The molecule has 0 bridgehead atoms. The molecule has 0 aliphatic rings. The molecule has 0 aliphatic carbocycles. The zero-order valence-corrected chi connectivity index (χ0v) is 12.2. The van der Waals surface area contributed by atoms with Crippen LogP contribution in [-0.4, -0.2) is 25.1 Å². The number of para-hydroxylation sites is 1. The van der Waals surface area contributed by atoms with Gasteiger partial charge in [0.2, 0.25) is 0 Å². The fourth-order valence-electron chi connectivity index (χ4n) is 1.72. The highest BCUT2D eigenvalue weighted by Crippen LogP contribution is 2.22. The van der Waals surface area contributed by atoms with Gasteiger partial charge in [-0.05, 0) is 24.3 Å². The van der Waals surface area contributed by atoms with E-state index in [0.717, 1.165) is 0 Å². The van der Waals surface area contributed by atoms with Gasteiger partial charge in [0.15, 0.2) is 9.84 Å². The standard InChI is InChI=1S/C14H15N3O3S/c1-2-21(19,20)13-6-4-3-5-11(13)17-14(18)12-8-7-10(15)9-16-12/h3-9H,2,15H2,1H3,(H,17,18). The lowest BCUT2D eigenvalue weighted by molar-refractivity contribution is 0.102. The smallest absolute Gasteiger partial charge is 0.274 e. The first-order valence-corrected chi connectivity index (χ1v) is 7.94. The zero-order chi connectivity index (χ0) is 15.5. The minimum atomic E-state index is -3.42. The van der Waals surface area contributed by atoms with E-state index in [-0.39, 0.29) is 22.0 Å². The van der Waals surface area contributed by atoms with Gasteiger partial charge in [-0.15, -0.1) is 0 Å². The van der Waals surface area contributed by atoms with E-state index < -0.39 is 15.7 Å². The van der Waals surface area contributed by atoms with Crippen molar-refractivity contribution < 1.29 is 13.2 Å². The molecule has 110 valence electrons. The number of amides is 1. The predicted molar refractivity (Wildman–Crippen MR) is 80.8 cm³/mol. The molecule has 21 heavy (non-hydrogen) atoms. The summed E-state index contributed by atoms with van der Waals surface area (Å²) in [4.78, 5) is 16.1. The Labute approximate surface area is 122 Å². The Morgan fingerprint density at radius 3 is 2.57 bits per heavy atom. The van der Waals surface area contributed by atoms with Gasteiger partial charge in [0.1, 0.15) is 5.69 Å². The monoisotopic (exact) mass is 305 g/mol. The minimum absolute atomic E-state index is 0.0417. The normalized spacial score (nSPS) is 11.1. The van der Waals surface area contributed by atoms with Crippen LogP contribution in [-0.2, 0) is 9.84 Å². The van der Waals surface area contributed by atoms with E-state index in [9.17, 15) is 13.2 Å². The maximum absolute atomic E-state index is 12.1. The van der Waals surface area contributed by atoms with E-state index in [1.807, 2.05) is 0 Å².